The van der Waals surface area contributed by atoms with E-state index in [1.165, 1.54) is 0 Å². The first-order chi connectivity index (χ1) is 14.0. The zero-order valence-corrected chi connectivity index (χ0v) is 17.8. The molecule has 2 atom stereocenters. The number of piperidine rings is 1. The molecule has 7 nitrogen and oxygen atoms in total. The standard InChI is InChI=1S/C21H27ClN6O/c1-13(2)17-12-24-28-19(17)26-21(29-15-7-6-10-23-11-15)27-20(28)25-14(3)16-8-4-5-9-18(16)22/h4-5,8-9,12-15,23H,6-7,10-11H2,1-3H3,(H,25,26,27). The monoisotopic (exact) mass is 414 g/mol. The Morgan fingerprint density at radius 1 is 1.21 bits per heavy atom. The number of halogens is 1. The molecule has 0 radical (unpaired) electrons. The van der Waals surface area contributed by atoms with Crippen molar-refractivity contribution in [2.75, 3.05) is 18.4 Å². The van der Waals surface area contributed by atoms with E-state index in [0.717, 1.165) is 42.7 Å². The van der Waals surface area contributed by atoms with Gasteiger partial charge < -0.3 is 15.4 Å². The summed E-state index contributed by atoms with van der Waals surface area (Å²) >= 11 is 6.38. The van der Waals surface area contributed by atoms with E-state index in [-0.39, 0.29) is 12.1 Å². The highest BCUT2D eigenvalue weighted by atomic mass is 35.5. The van der Waals surface area contributed by atoms with E-state index in [1.807, 2.05) is 37.4 Å². The molecular formula is C21H27ClN6O. The minimum Gasteiger partial charge on any atom is -0.459 e. The number of nitrogens with one attached hydrogen (secondary N) is 2. The van der Waals surface area contributed by atoms with Crippen LogP contribution in [0.4, 0.5) is 5.95 Å². The van der Waals surface area contributed by atoms with E-state index in [1.54, 1.807) is 4.52 Å². The van der Waals surface area contributed by atoms with E-state index < -0.39 is 0 Å². The van der Waals surface area contributed by atoms with Crippen LogP contribution in [0.15, 0.2) is 30.5 Å². The second kappa shape index (κ2) is 8.55. The third kappa shape index (κ3) is 4.31. The third-order valence-corrected chi connectivity index (χ3v) is 5.58. The average molecular weight is 415 g/mol. The molecular weight excluding hydrogens is 388 g/mol. The fourth-order valence-corrected chi connectivity index (χ4v) is 3.90. The molecule has 2 unspecified atom stereocenters. The molecule has 3 heterocycles. The molecule has 4 rings (SSSR count). The normalized spacial score (nSPS) is 18.2. The largest absolute Gasteiger partial charge is 0.459 e. The first-order valence-electron chi connectivity index (χ1n) is 10.2. The van der Waals surface area contributed by atoms with Crippen LogP contribution in [0.2, 0.25) is 5.02 Å². The van der Waals surface area contributed by atoms with Gasteiger partial charge in [-0.25, -0.2) is 0 Å². The maximum absolute atomic E-state index is 6.38. The summed E-state index contributed by atoms with van der Waals surface area (Å²) in [6.45, 7) is 8.15. The van der Waals surface area contributed by atoms with E-state index in [2.05, 4.69) is 39.5 Å². The molecule has 154 valence electrons. The molecule has 3 aromatic rings. The Labute approximate surface area is 175 Å². The number of ether oxygens (including phenoxy) is 1. The van der Waals surface area contributed by atoms with Gasteiger partial charge in [0.15, 0.2) is 5.65 Å². The molecule has 2 N–H and O–H groups in total. The molecule has 0 amide bonds. The summed E-state index contributed by atoms with van der Waals surface area (Å²) in [5.41, 5.74) is 2.83. The van der Waals surface area contributed by atoms with Gasteiger partial charge in [0, 0.05) is 17.1 Å². The number of benzene rings is 1. The topological polar surface area (TPSA) is 76.4 Å². The van der Waals surface area contributed by atoms with Crippen molar-refractivity contribution in [3.05, 3.63) is 46.6 Å². The van der Waals surface area contributed by atoms with E-state index >= 15 is 0 Å². The lowest BCUT2D eigenvalue weighted by Gasteiger charge is -2.23. The van der Waals surface area contributed by atoms with E-state index in [9.17, 15) is 0 Å². The van der Waals surface area contributed by atoms with Crippen LogP contribution in [-0.2, 0) is 0 Å². The molecule has 1 aliphatic rings. The Kier molecular flexibility index (Phi) is 5.87. The maximum atomic E-state index is 6.38. The fourth-order valence-electron chi connectivity index (χ4n) is 3.60. The summed E-state index contributed by atoms with van der Waals surface area (Å²) in [6.07, 6.45) is 4.01. The predicted octanol–water partition coefficient (Wildman–Crippen LogP) is 4.21. The van der Waals surface area contributed by atoms with Crippen molar-refractivity contribution in [1.82, 2.24) is 24.9 Å². The molecule has 1 aromatic carbocycles. The molecule has 0 bridgehead atoms. The molecule has 1 fully saturated rings. The molecule has 1 saturated heterocycles. The minimum atomic E-state index is -0.0577. The van der Waals surface area contributed by atoms with Gasteiger partial charge in [-0.05, 0) is 43.9 Å². The number of anilines is 1. The van der Waals surface area contributed by atoms with Crippen molar-refractivity contribution in [1.29, 1.82) is 0 Å². The van der Waals surface area contributed by atoms with Crippen molar-refractivity contribution < 1.29 is 4.74 Å². The highest BCUT2D eigenvalue weighted by molar-refractivity contribution is 6.31. The first-order valence-corrected chi connectivity index (χ1v) is 10.5. The molecule has 0 spiro atoms. The summed E-state index contributed by atoms with van der Waals surface area (Å²) in [5.74, 6) is 0.883. The second-order valence-corrected chi connectivity index (χ2v) is 8.20. The van der Waals surface area contributed by atoms with Gasteiger partial charge in [0.05, 0.1) is 12.2 Å². The SMILES string of the molecule is CC(C)c1cnn2c(NC(C)c3ccccc3Cl)nc(OC3CCCNC3)nc12. The van der Waals surface area contributed by atoms with Gasteiger partial charge in [0.25, 0.3) is 0 Å². The van der Waals surface area contributed by atoms with Crippen molar-refractivity contribution in [2.45, 2.75) is 51.7 Å². The molecule has 29 heavy (non-hydrogen) atoms. The third-order valence-electron chi connectivity index (χ3n) is 5.24. The molecule has 2 aromatic heterocycles. The fraction of sp³-hybridized carbons (Fsp3) is 0.476. The Hall–Kier alpha value is -2.38. The predicted molar refractivity (Wildman–Crippen MR) is 115 cm³/mol. The highest BCUT2D eigenvalue weighted by Gasteiger charge is 2.21. The van der Waals surface area contributed by atoms with E-state index in [4.69, 9.17) is 16.3 Å². The van der Waals surface area contributed by atoms with Gasteiger partial charge >= 0.3 is 6.01 Å². The first kappa shape index (κ1) is 19.9. The van der Waals surface area contributed by atoms with Crippen molar-refractivity contribution in [3.8, 4) is 6.01 Å². The lowest BCUT2D eigenvalue weighted by molar-refractivity contribution is 0.153. The summed E-state index contributed by atoms with van der Waals surface area (Å²) in [6, 6.07) is 8.12. The number of nitrogens with zero attached hydrogens (tertiary/aromatic N) is 4. The summed E-state index contributed by atoms with van der Waals surface area (Å²) in [4.78, 5) is 9.33. The number of fused-ring (bicyclic) bond motifs is 1. The minimum absolute atomic E-state index is 0.0577. The Morgan fingerprint density at radius 3 is 2.76 bits per heavy atom. The van der Waals surface area contributed by atoms with Crippen LogP contribution in [0.25, 0.3) is 5.65 Å². The van der Waals surface area contributed by atoms with Gasteiger partial charge in [-0.15, -0.1) is 0 Å². The number of hydrogen-bond donors (Lipinski definition) is 2. The Balaban J connectivity index is 1.70. The zero-order valence-electron chi connectivity index (χ0n) is 17.0. The van der Waals surface area contributed by atoms with Crippen molar-refractivity contribution in [3.63, 3.8) is 0 Å². The van der Waals surface area contributed by atoms with Gasteiger partial charge in [0.2, 0.25) is 5.95 Å². The summed E-state index contributed by atoms with van der Waals surface area (Å²) < 4.78 is 7.87. The molecule has 0 saturated carbocycles. The van der Waals surface area contributed by atoms with Crippen molar-refractivity contribution in [2.24, 2.45) is 0 Å². The van der Waals surface area contributed by atoms with E-state index in [0.29, 0.717) is 22.9 Å². The number of hydrogen-bond acceptors (Lipinski definition) is 6. The Bertz CT molecular complexity index is 982. The van der Waals surface area contributed by atoms with Crippen LogP contribution < -0.4 is 15.4 Å². The van der Waals surface area contributed by atoms with Gasteiger partial charge in [0.1, 0.15) is 6.10 Å². The lowest BCUT2D eigenvalue weighted by atomic mass is 10.1. The van der Waals surface area contributed by atoms with Crippen LogP contribution in [0.5, 0.6) is 6.01 Å². The van der Waals surface area contributed by atoms with Crippen LogP contribution >= 0.6 is 11.6 Å². The van der Waals surface area contributed by atoms with Crippen LogP contribution in [0.3, 0.4) is 0 Å². The Morgan fingerprint density at radius 2 is 2.03 bits per heavy atom. The average Bonchev–Trinajstić information content (AvgIpc) is 3.13. The van der Waals surface area contributed by atoms with Crippen molar-refractivity contribution >= 4 is 23.2 Å². The quantitative estimate of drug-likeness (QED) is 0.629. The molecule has 1 aliphatic heterocycles. The highest BCUT2D eigenvalue weighted by Crippen LogP contribution is 2.28. The lowest BCUT2D eigenvalue weighted by Crippen LogP contribution is -2.37. The van der Waals surface area contributed by atoms with Gasteiger partial charge in [-0.2, -0.15) is 19.6 Å². The maximum Gasteiger partial charge on any atom is 0.322 e. The van der Waals surface area contributed by atoms with Crippen LogP contribution in [-0.4, -0.2) is 38.8 Å². The summed E-state index contributed by atoms with van der Waals surface area (Å²) in [7, 11) is 0. The van der Waals surface area contributed by atoms with Crippen LogP contribution in [0.1, 0.15) is 56.7 Å². The zero-order chi connectivity index (χ0) is 20.4. The van der Waals surface area contributed by atoms with Gasteiger partial charge in [-0.3, -0.25) is 0 Å². The number of rotatable bonds is 6. The molecule has 8 heteroatoms. The summed E-state index contributed by atoms with van der Waals surface area (Å²) in [5, 5.41) is 12.0. The smallest absolute Gasteiger partial charge is 0.322 e. The second-order valence-electron chi connectivity index (χ2n) is 7.79. The number of aromatic nitrogens is 4. The van der Waals surface area contributed by atoms with Gasteiger partial charge in [-0.1, -0.05) is 43.6 Å². The van der Waals surface area contributed by atoms with Crippen LogP contribution in [0, 0.1) is 0 Å². The molecule has 0 aliphatic carbocycles.